The lowest BCUT2D eigenvalue weighted by Crippen LogP contribution is -2.31. The van der Waals surface area contributed by atoms with Crippen molar-refractivity contribution in [3.05, 3.63) is 24.3 Å². The number of hydrogen-bond acceptors (Lipinski definition) is 4. The van der Waals surface area contributed by atoms with Gasteiger partial charge in [0.25, 0.3) is 0 Å². The SMILES string of the molecule is CC(C)NC(=O)CCNc1ccc(S(C)(=O)=O)cc1. The quantitative estimate of drug-likeness (QED) is 0.828. The third-order valence-electron chi connectivity index (χ3n) is 2.41. The summed E-state index contributed by atoms with van der Waals surface area (Å²) in [5.74, 6) is -0.00439. The van der Waals surface area contributed by atoms with Gasteiger partial charge in [0.05, 0.1) is 4.90 Å². The molecule has 0 saturated carbocycles. The van der Waals surface area contributed by atoms with Gasteiger partial charge in [0.2, 0.25) is 5.91 Å². The maximum absolute atomic E-state index is 11.4. The normalized spacial score (nSPS) is 11.4. The van der Waals surface area contributed by atoms with Crippen LogP contribution < -0.4 is 10.6 Å². The maximum Gasteiger partial charge on any atom is 0.221 e. The maximum atomic E-state index is 11.4. The molecule has 0 aliphatic rings. The monoisotopic (exact) mass is 284 g/mol. The Balaban J connectivity index is 2.45. The van der Waals surface area contributed by atoms with Crippen molar-refractivity contribution in [2.24, 2.45) is 0 Å². The molecule has 0 saturated heterocycles. The lowest BCUT2D eigenvalue weighted by molar-refractivity contribution is -0.121. The number of rotatable bonds is 6. The number of amides is 1. The highest BCUT2D eigenvalue weighted by atomic mass is 32.2. The molecule has 5 nitrogen and oxygen atoms in total. The molecular weight excluding hydrogens is 264 g/mol. The molecule has 1 amide bonds. The van der Waals surface area contributed by atoms with Gasteiger partial charge in [0.15, 0.2) is 9.84 Å². The van der Waals surface area contributed by atoms with Gasteiger partial charge < -0.3 is 10.6 Å². The third kappa shape index (κ3) is 5.74. The van der Waals surface area contributed by atoms with Crippen LogP contribution in [0, 0.1) is 0 Å². The number of carbonyl (C=O) groups excluding carboxylic acids is 1. The molecule has 19 heavy (non-hydrogen) atoms. The van der Waals surface area contributed by atoms with Gasteiger partial charge >= 0.3 is 0 Å². The Labute approximate surface area is 114 Å². The lowest BCUT2D eigenvalue weighted by Gasteiger charge is -2.09. The van der Waals surface area contributed by atoms with Crippen molar-refractivity contribution in [1.29, 1.82) is 0 Å². The first-order valence-electron chi connectivity index (χ1n) is 6.12. The molecule has 0 aliphatic heterocycles. The van der Waals surface area contributed by atoms with Crippen molar-refractivity contribution in [1.82, 2.24) is 5.32 Å². The second-order valence-corrected chi connectivity index (χ2v) is 6.71. The Bertz CT molecular complexity index is 521. The zero-order chi connectivity index (χ0) is 14.5. The van der Waals surface area contributed by atoms with Gasteiger partial charge in [0, 0.05) is 31.0 Å². The first kappa shape index (κ1) is 15.5. The molecule has 0 bridgehead atoms. The average molecular weight is 284 g/mol. The van der Waals surface area contributed by atoms with Gasteiger partial charge in [0.1, 0.15) is 0 Å². The van der Waals surface area contributed by atoms with E-state index in [-0.39, 0.29) is 16.8 Å². The van der Waals surface area contributed by atoms with E-state index >= 15 is 0 Å². The van der Waals surface area contributed by atoms with Crippen molar-refractivity contribution in [2.45, 2.75) is 31.2 Å². The van der Waals surface area contributed by atoms with Gasteiger partial charge in [-0.25, -0.2) is 8.42 Å². The van der Waals surface area contributed by atoms with Crippen LogP contribution in [0.15, 0.2) is 29.2 Å². The zero-order valence-electron chi connectivity index (χ0n) is 11.4. The fourth-order valence-electron chi connectivity index (χ4n) is 1.53. The molecule has 6 heteroatoms. The number of nitrogens with one attached hydrogen (secondary N) is 2. The van der Waals surface area contributed by atoms with Crippen LogP contribution >= 0.6 is 0 Å². The molecule has 1 aromatic rings. The van der Waals surface area contributed by atoms with E-state index in [1.165, 1.54) is 6.26 Å². The fraction of sp³-hybridized carbons (Fsp3) is 0.462. The highest BCUT2D eigenvalue weighted by Gasteiger charge is 2.06. The summed E-state index contributed by atoms with van der Waals surface area (Å²) < 4.78 is 22.6. The van der Waals surface area contributed by atoms with Crippen LogP contribution in [0.3, 0.4) is 0 Å². The minimum absolute atomic E-state index is 0.00439. The Hall–Kier alpha value is -1.56. The van der Waals surface area contributed by atoms with E-state index in [0.29, 0.717) is 13.0 Å². The standard InChI is InChI=1S/C13H20N2O3S/c1-10(2)15-13(16)8-9-14-11-4-6-12(7-5-11)19(3,17)18/h4-7,10,14H,8-9H2,1-3H3,(H,15,16). The number of hydrogen-bond donors (Lipinski definition) is 2. The van der Waals surface area contributed by atoms with Crippen LogP contribution in [0.2, 0.25) is 0 Å². The summed E-state index contributed by atoms with van der Waals surface area (Å²) in [7, 11) is -3.16. The van der Waals surface area contributed by atoms with Crippen LogP contribution in [0.5, 0.6) is 0 Å². The molecule has 0 aliphatic carbocycles. The Morgan fingerprint density at radius 3 is 2.26 bits per heavy atom. The van der Waals surface area contributed by atoms with Crippen LogP contribution in [0.25, 0.3) is 0 Å². The van der Waals surface area contributed by atoms with Gasteiger partial charge in [-0.15, -0.1) is 0 Å². The van der Waals surface area contributed by atoms with Crippen LogP contribution in [-0.2, 0) is 14.6 Å². The molecule has 1 rings (SSSR count). The first-order valence-corrected chi connectivity index (χ1v) is 8.01. The molecule has 0 spiro atoms. The van der Waals surface area contributed by atoms with E-state index in [9.17, 15) is 13.2 Å². The highest BCUT2D eigenvalue weighted by molar-refractivity contribution is 7.90. The van der Waals surface area contributed by atoms with E-state index in [1.807, 2.05) is 13.8 Å². The highest BCUT2D eigenvalue weighted by Crippen LogP contribution is 2.13. The molecule has 0 fully saturated rings. The van der Waals surface area contributed by atoms with Crippen molar-refractivity contribution in [2.75, 3.05) is 18.1 Å². The zero-order valence-corrected chi connectivity index (χ0v) is 12.3. The summed E-state index contributed by atoms with van der Waals surface area (Å²) in [6.07, 6.45) is 1.55. The molecule has 1 aromatic carbocycles. The fourth-order valence-corrected chi connectivity index (χ4v) is 2.16. The summed E-state index contributed by atoms with van der Waals surface area (Å²) in [5, 5.41) is 5.87. The molecule has 0 heterocycles. The second kappa shape index (κ2) is 6.56. The van der Waals surface area contributed by atoms with Gasteiger partial charge in [-0.05, 0) is 38.1 Å². The second-order valence-electron chi connectivity index (χ2n) is 4.70. The van der Waals surface area contributed by atoms with Gasteiger partial charge in [-0.3, -0.25) is 4.79 Å². The van der Waals surface area contributed by atoms with E-state index < -0.39 is 9.84 Å². The van der Waals surface area contributed by atoms with E-state index in [0.717, 1.165) is 5.69 Å². The van der Waals surface area contributed by atoms with E-state index in [1.54, 1.807) is 24.3 Å². The number of benzene rings is 1. The number of sulfone groups is 1. The van der Waals surface area contributed by atoms with Crippen LogP contribution in [0.1, 0.15) is 20.3 Å². The molecule has 0 unspecified atom stereocenters. The van der Waals surface area contributed by atoms with Crippen LogP contribution in [0.4, 0.5) is 5.69 Å². The van der Waals surface area contributed by atoms with Crippen molar-refractivity contribution >= 4 is 21.4 Å². The van der Waals surface area contributed by atoms with Gasteiger partial charge in [-0.2, -0.15) is 0 Å². The summed E-state index contributed by atoms with van der Waals surface area (Å²) in [5.41, 5.74) is 0.796. The third-order valence-corrected chi connectivity index (χ3v) is 3.54. The number of anilines is 1. The summed E-state index contributed by atoms with van der Waals surface area (Å²) >= 11 is 0. The largest absolute Gasteiger partial charge is 0.385 e. The first-order chi connectivity index (χ1) is 8.79. The Morgan fingerprint density at radius 2 is 1.79 bits per heavy atom. The summed E-state index contributed by atoms with van der Waals surface area (Å²) in [6, 6.07) is 6.62. The molecule has 0 atom stereocenters. The predicted molar refractivity (Wildman–Crippen MR) is 75.9 cm³/mol. The van der Waals surface area contributed by atoms with E-state index in [2.05, 4.69) is 10.6 Å². The van der Waals surface area contributed by atoms with E-state index in [4.69, 9.17) is 0 Å². The molecule has 0 aromatic heterocycles. The number of carbonyl (C=O) groups is 1. The molecule has 106 valence electrons. The van der Waals surface area contributed by atoms with Crippen LogP contribution in [-0.4, -0.2) is 33.2 Å². The molecule has 2 N–H and O–H groups in total. The topological polar surface area (TPSA) is 75.3 Å². The molecule has 0 radical (unpaired) electrons. The van der Waals surface area contributed by atoms with Gasteiger partial charge in [-0.1, -0.05) is 0 Å². The lowest BCUT2D eigenvalue weighted by atomic mass is 10.3. The molecular formula is C13H20N2O3S. The minimum Gasteiger partial charge on any atom is -0.385 e. The van der Waals surface area contributed by atoms with Crippen molar-refractivity contribution in [3.63, 3.8) is 0 Å². The minimum atomic E-state index is -3.16. The Morgan fingerprint density at radius 1 is 1.21 bits per heavy atom. The Kier molecular flexibility index (Phi) is 5.35. The van der Waals surface area contributed by atoms with Crippen molar-refractivity contribution in [3.8, 4) is 0 Å². The summed E-state index contributed by atoms with van der Waals surface area (Å²) in [4.78, 5) is 11.7. The van der Waals surface area contributed by atoms with Crippen molar-refractivity contribution < 1.29 is 13.2 Å². The average Bonchev–Trinajstić information content (AvgIpc) is 2.27. The summed E-state index contributed by atoms with van der Waals surface area (Å²) in [6.45, 7) is 4.33. The predicted octanol–water partition coefficient (Wildman–Crippen LogP) is 1.42. The smallest absolute Gasteiger partial charge is 0.221 e.